The number of aromatic nitrogens is 4. The fourth-order valence-corrected chi connectivity index (χ4v) is 5.27. The van der Waals surface area contributed by atoms with Crippen LogP contribution >= 0.6 is 0 Å². The van der Waals surface area contributed by atoms with Crippen LogP contribution in [-0.2, 0) is 4.79 Å². The molecule has 0 radical (unpaired) electrons. The van der Waals surface area contributed by atoms with Crippen molar-refractivity contribution in [3.63, 3.8) is 0 Å². The van der Waals surface area contributed by atoms with E-state index in [1.165, 1.54) is 11.3 Å². The predicted molar refractivity (Wildman–Crippen MR) is 141 cm³/mol. The lowest BCUT2D eigenvalue weighted by molar-refractivity contribution is -0.136. The Hall–Kier alpha value is -3.94. The summed E-state index contributed by atoms with van der Waals surface area (Å²) in [5, 5.41) is 13.5. The Morgan fingerprint density at radius 2 is 1.50 bits per heavy atom. The van der Waals surface area contributed by atoms with Crippen LogP contribution in [0.5, 0.6) is 0 Å². The molecule has 4 heterocycles. The number of piperidine rings is 1. The molecule has 4 aromatic rings. The molecular formula is C28H31N7O. The molecule has 0 atom stereocenters. The monoisotopic (exact) mass is 481 g/mol. The van der Waals surface area contributed by atoms with Crippen LogP contribution in [0.3, 0.4) is 0 Å². The van der Waals surface area contributed by atoms with Crippen molar-refractivity contribution in [1.29, 1.82) is 0 Å². The predicted octanol–water partition coefficient (Wildman–Crippen LogP) is 3.66. The molecule has 0 N–H and O–H groups in total. The van der Waals surface area contributed by atoms with Crippen LogP contribution in [-0.4, -0.2) is 69.9 Å². The van der Waals surface area contributed by atoms with E-state index in [-0.39, 0.29) is 5.92 Å². The number of piperazine rings is 1. The first-order chi connectivity index (χ1) is 17.7. The van der Waals surface area contributed by atoms with Gasteiger partial charge in [-0.3, -0.25) is 4.79 Å². The van der Waals surface area contributed by atoms with Crippen molar-refractivity contribution in [2.45, 2.75) is 19.8 Å². The molecule has 2 aromatic carbocycles. The number of carbonyl (C=O) groups is 1. The van der Waals surface area contributed by atoms with Crippen molar-refractivity contribution in [2.75, 3.05) is 49.1 Å². The number of benzene rings is 2. The van der Waals surface area contributed by atoms with Crippen molar-refractivity contribution in [1.82, 2.24) is 24.7 Å². The van der Waals surface area contributed by atoms with Crippen LogP contribution in [0.25, 0.3) is 17.0 Å². The molecule has 8 nitrogen and oxygen atoms in total. The molecule has 2 fully saturated rings. The van der Waals surface area contributed by atoms with Gasteiger partial charge >= 0.3 is 0 Å². The molecular weight excluding hydrogens is 450 g/mol. The van der Waals surface area contributed by atoms with Crippen LogP contribution < -0.4 is 9.80 Å². The second kappa shape index (κ2) is 9.60. The number of fused-ring (bicyclic) bond motifs is 1. The fourth-order valence-electron chi connectivity index (χ4n) is 5.27. The first-order valence-corrected chi connectivity index (χ1v) is 12.8. The number of hydrogen-bond acceptors (Lipinski definition) is 6. The smallest absolute Gasteiger partial charge is 0.225 e. The van der Waals surface area contributed by atoms with E-state index in [2.05, 4.69) is 80.4 Å². The number of carbonyl (C=O) groups excluding carboxylic acids is 1. The standard InChI is InChI=1S/C28H31N7O/c1-21-7-9-22(10-8-21)27-30-29-25-11-12-26(31-35(25)27)33-15-13-23(14-16-33)28(36)34-19-17-32(18-20-34)24-5-3-2-4-6-24/h2-12,23H,13-20H2,1H3. The first kappa shape index (κ1) is 22.5. The highest BCUT2D eigenvalue weighted by Crippen LogP contribution is 2.26. The highest BCUT2D eigenvalue weighted by Gasteiger charge is 2.31. The Morgan fingerprint density at radius 1 is 0.778 bits per heavy atom. The number of nitrogens with zero attached hydrogens (tertiary/aromatic N) is 7. The number of anilines is 2. The maximum atomic E-state index is 13.3. The fraction of sp³-hybridized carbons (Fsp3) is 0.357. The van der Waals surface area contributed by atoms with Gasteiger partial charge < -0.3 is 14.7 Å². The van der Waals surface area contributed by atoms with Gasteiger partial charge in [-0.25, -0.2) is 0 Å². The molecule has 8 heteroatoms. The van der Waals surface area contributed by atoms with Crippen molar-refractivity contribution < 1.29 is 4.79 Å². The molecule has 2 aliphatic heterocycles. The average Bonchev–Trinajstić information content (AvgIpc) is 3.37. The summed E-state index contributed by atoms with van der Waals surface area (Å²) in [6, 6.07) is 22.7. The molecule has 0 unspecified atom stereocenters. The summed E-state index contributed by atoms with van der Waals surface area (Å²) >= 11 is 0. The molecule has 2 aliphatic rings. The van der Waals surface area contributed by atoms with Gasteiger partial charge in [-0.05, 0) is 44.0 Å². The van der Waals surface area contributed by atoms with Gasteiger partial charge in [-0.2, -0.15) is 4.52 Å². The molecule has 0 saturated carbocycles. The third kappa shape index (κ3) is 4.39. The largest absolute Gasteiger partial charge is 0.368 e. The van der Waals surface area contributed by atoms with E-state index in [0.29, 0.717) is 5.91 Å². The van der Waals surface area contributed by atoms with E-state index in [4.69, 9.17) is 5.10 Å². The molecule has 0 bridgehead atoms. The lowest BCUT2D eigenvalue weighted by Gasteiger charge is -2.39. The summed E-state index contributed by atoms with van der Waals surface area (Å²) in [7, 11) is 0. The van der Waals surface area contributed by atoms with E-state index < -0.39 is 0 Å². The van der Waals surface area contributed by atoms with Crippen molar-refractivity contribution in [2.24, 2.45) is 5.92 Å². The minimum Gasteiger partial charge on any atom is -0.368 e. The zero-order valence-electron chi connectivity index (χ0n) is 20.6. The van der Waals surface area contributed by atoms with Gasteiger partial charge in [0, 0.05) is 56.4 Å². The minimum absolute atomic E-state index is 0.0892. The Morgan fingerprint density at radius 3 is 2.22 bits per heavy atom. The van der Waals surface area contributed by atoms with E-state index in [0.717, 1.165) is 75.0 Å². The third-order valence-electron chi connectivity index (χ3n) is 7.44. The quantitative estimate of drug-likeness (QED) is 0.443. The van der Waals surface area contributed by atoms with Crippen LogP contribution in [0.2, 0.25) is 0 Å². The zero-order valence-corrected chi connectivity index (χ0v) is 20.6. The lowest BCUT2D eigenvalue weighted by atomic mass is 9.95. The summed E-state index contributed by atoms with van der Waals surface area (Å²) < 4.78 is 1.82. The first-order valence-electron chi connectivity index (χ1n) is 12.8. The number of aryl methyl sites for hydroxylation is 1. The van der Waals surface area contributed by atoms with Gasteiger partial charge in [-0.15, -0.1) is 15.3 Å². The Balaban J connectivity index is 1.09. The summed E-state index contributed by atoms with van der Waals surface area (Å²) in [6.45, 7) is 7.08. The van der Waals surface area contributed by atoms with Crippen molar-refractivity contribution in [3.05, 3.63) is 72.3 Å². The van der Waals surface area contributed by atoms with Crippen LogP contribution in [0.4, 0.5) is 11.5 Å². The zero-order chi connectivity index (χ0) is 24.5. The number of hydrogen-bond donors (Lipinski definition) is 0. The number of amides is 1. The van der Waals surface area contributed by atoms with E-state index in [1.54, 1.807) is 0 Å². The van der Waals surface area contributed by atoms with E-state index in [1.807, 2.05) is 22.7 Å². The van der Waals surface area contributed by atoms with Gasteiger partial charge in [0.2, 0.25) is 5.91 Å². The molecule has 36 heavy (non-hydrogen) atoms. The Kier molecular flexibility index (Phi) is 6.01. The van der Waals surface area contributed by atoms with Gasteiger partial charge in [0.25, 0.3) is 0 Å². The van der Waals surface area contributed by atoms with Gasteiger partial charge in [0.05, 0.1) is 0 Å². The molecule has 0 spiro atoms. The maximum Gasteiger partial charge on any atom is 0.225 e. The average molecular weight is 482 g/mol. The summed E-state index contributed by atoms with van der Waals surface area (Å²) in [5.41, 5.74) is 4.17. The molecule has 184 valence electrons. The Bertz CT molecular complexity index is 1340. The summed E-state index contributed by atoms with van der Waals surface area (Å²) in [4.78, 5) is 20.0. The number of para-hydroxylation sites is 1. The molecule has 0 aliphatic carbocycles. The topological polar surface area (TPSA) is 69.9 Å². The molecule has 2 saturated heterocycles. The summed E-state index contributed by atoms with van der Waals surface area (Å²) in [5.74, 6) is 2.04. The van der Waals surface area contributed by atoms with Gasteiger partial charge in [0.1, 0.15) is 5.82 Å². The van der Waals surface area contributed by atoms with Crippen molar-refractivity contribution >= 4 is 23.1 Å². The van der Waals surface area contributed by atoms with Gasteiger partial charge in [0.15, 0.2) is 11.5 Å². The molecule has 1 amide bonds. The maximum absolute atomic E-state index is 13.3. The number of rotatable bonds is 4. The van der Waals surface area contributed by atoms with E-state index in [9.17, 15) is 4.79 Å². The van der Waals surface area contributed by atoms with Crippen molar-refractivity contribution in [3.8, 4) is 11.4 Å². The summed E-state index contributed by atoms with van der Waals surface area (Å²) in [6.07, 6.45) is 1.70. The minimum atomic E-state index is 0.0892. The lowest BCUT2D eigenvalue weighted by Crippen LogP contribution is -2.51. The second-order valence-corrected chi connectivity index (χ2v) is 9.76. The van der Waals surface area contributed by atoms with Gasteiger partial charge in [-0.1, -0.05) is 48.0 Å². The second-order valence-electron chi connectivity index (χ2n) is 9.76. The third-order valence-corrected chi connectivity index (χ3v) is 7.44. The molecule has 2 aromatic heterocycles. The highest BCUT2D eigenvalue weighted by molar-refractivity contribution is 5.79. The van der Waals surface area contributed by atoms with Crippen LogP contribution in [0, 0.1) is 12.8 Å². The van der Waals surface area contributed by atoms with Crippen LogP contribution in [0.1, 0.15) is 18.4 Å². The van der Waals surface area contributed by atoms with Crippen LogP contribution in [0.15, 0.2) is 66.7 Å². The SMILES string of the molecule is Cc1ccc(-c2nnc3ccc(N4CCC(C(=O)N5CCN(c6ccccc6)CC5)CC4)nn23)cc1. The molecule has 6 rings (SSSR count). The Labute approximate surface area is 211 Å². The highest BCUT2D eigenvalue weighted by atomic mass is 16.2. The van der Waals surface area contributed by atoms with E-state index >= 15 is 0 Å². The normalized spacial score (nSPS) is 17.1.